The van der Waals surface area contributed by atoms with Gasteiger partial charge < -0.3 is 5.73 Å². The maximum Gasteiger partial charge on any atom is 0.101 e. The molecule has 0 radical (unpaired) electrons. The van der Waals surface area contributed by atoms with E-state index >= 15 is 0 Å². The number of benzene rings is 1. The Kier molecular flexibility index (Phi) is 3.19. The van der Waals surface area contributed by atoms with Gasteiger partial charge in [-0.1, -0.05) is 23.2 Å². The van der Waals surface area contributed by atoms with Crippen LogP contribution in [0.3, 0.4) is 0 Å². The number of pyridine rings is 1. The summed E-state index contributed by atoms with van der Waals surface area (Å²) >= 11 is 11.8. The number of hydrogen-bond acceptors (Lipinski definition) is 3. The van der Waals surface area contributed by atoms with Crippen molar-refractivity contribution < 1.29 is 0 Å². The lowest BCUT2D eigenvalue weighted by Gasteiger charge is -2.06. The number of nitriles is 1. The van der Waals surface area contributed by atoms with Crippen LogP contribution < -0.4 is 5.73 Å². The summed E-state index contributed by atoms with van der Waals surface area (Å²) in [6, 6.07) is 8.61. The summed E-state index contributed by atoms with van der Waals surface area (Å²) in [4.78, 5) is 4.14. The van der Waals surface area contributed by atoms with Crippen LogP contribution in [0.2, 0.25) is 10.0 Å². The quantitative estimate of drug-likeness (QED) is 0.857. The molecule has 1 heterocycles. The summed E-state index contributed by atoms with van der Waals surface area (Å²) in [6.07, 6.45) is 1.46. The van der Waals surface area contributed by atoms with Crippen molar-refractivity contribution in [3.8, 4) is 17.3 Å². The highest BCUT2D eigenvalue weighted by Crippen LogP contribution is 2.29. The number of nitrogens with zero attached hydrogens (tertiary/aromatic N) is 2. The van der Waals surface area contributed by atoms with Gasteiger partial charge in [0.05, 0.1) is 16.9 Å². The van der Waals surface area contributed by atoms with Gasteiger partial charge in [-0.3, -0.25) is 4.98 Å². The first-order valence-corrected chi connectivity index (χ1v) is 5.48. The summed E-state index contributed by atoms with van der Waals surface area (Å²) in [7, 11) is 0. The number of anilines is 1. The Hall–Kier alpha value is -1.76. The summed E-state index contributed by atoms with van der Waals surface area (Å²) in [5, 5.41) is 9.75. The number of halogens is 2. The molecule has 0 aliphatic rings. The topological polar surface area (TPSA) is 62.7 Å². The van der Waals surface area contributed by atoms with Gasteiger partial charge in [0.2, 0.25) is 0 Å². The Balaban J connectivity index is 2.57. The van der Waals surface area contributed by atoms with E-state index in [0.29, 0.717) is 27.0 Å². The Labute approximate surface area is 108 Å². The molecule has 0 aliphatic carbocycles. The van der Waals surface area contributed by atoms with Gasteiger partial charge in [0.1, 0.15) is 6.07 Å². The summed E-state index contributed by atoms with van der Waals surface area (Å²) in [5.41, 5.74) is 7.95. The Bertz CT molecular complexity index is 597. The van der Waals surface area contributed by atoms with Gasteiger partial charge in [-0.25, -0.2) is 0 Å². The minimum atomic E-state index is 0.416. The lowest BCUT2D eigenvalue weighted by atomic mass is 10.1. The van der Waals surface area contributed by atoms with Crippen LogP contribution in [0.15, 0.2) is 30.5 Å². The van der Waals surface area contributed by atoms with Crippen LogP contribution in [-0.2, 0) is 0 Å². The first kappa shape index (κ1) is 11.7. The molecule has 0 aliphatic heterocycles. The molecule has 3 nitrogen and oxygen atoms in total. The third-order valence-electron chi connectivity index (χ3n) is 2.18. The highest BCUT2D eigenvalue weighted by Gasteiger charge is 2.07. The highest BCUT2D eigenvalue weighted by atomic mass is 35.5. The van der Waals surface area contributed by atoms with Gasteiger partial charge in [-0.05, 0) is 24.3 Å². The smallest absolute Gasteiger partial charge is 0.101 e. The second-order valence-electron chi connectivity index (χ2n) is 3.43. The van der Waals surface area contributed by atoms with Gasteiger partial charge in [0.15, 0.2) is 0 Å². The minimum absolute atomic E-state index is 0.416. The molecule has 2 rings (SSSR count). The van der Waals surface area contributed by atoms with Gasteiger partial charge in [-0.15, -0.1) is 0 Å². The van der Waals surface area contributed by atoms with E-state index in [1.54, 1.807) is 24.3 Å². The van der Waals surface area contributed by atoms with Crippen molar-refractivity contribution in [2.24, 2.45) is 0 Å². The maximum absolute atomic E-state index is 8.72. The predicted molar refractivity (Wildman–Crippen MR) is 68.8 cm³/mol. The summed E-state index contributed by atoms with van der Waals surface area (Å²) in [5.74, 6) is 0. The molecule has 0 amide bonds. The molecule has 84 valence electrons. The lowest BCUT2D eigenvalue weighted by Crippen LogP contribution is -1.94. The van der Waals surface area contributed by atoms with Crippen LogP contribution in [0.5, 0.6) is 0 Å². The third kappa shape index (κ3) is 2.50. The van der Waals surface area contributed by atoms with E-state index in [1.165, 1.54) is 6.20 Å². The Morgan fingerprint density at radius 1 is 1.12 bits per heavy atom. The van der Waals surface area contributed by atoms with Gasteiger partial charge in [0, 0.05) is 21.8 Å². The standard InChI is InChI=1S/C12H7Cl2N3/c13-9-2-8(3-10(14)4-9)12-11(16)1-7(5-15)6-17-12/h1-4,6H,16H2. The molecule has 1 aromatic heterocycles. The van der Waals surface area contributed by atoms with Crippen molar-refractivity contribution in [2.45, 2.75) is 0 Å². The van der Waals surface area contributed by atoms with Gasteiger partial charge >= 0.3 is 0 Å². The first-order chi connectivity index (χ1) is 8.10. The molecular weight excluding hydrogens is 257 g/mol. The van der Waals surface area contributed by atoms with E-state index in [4.69, 9.17) is 34.2 Å². The van der Waals surface area contributed by atoms with Crippen molar-refractivity contribution in [1.29, 1.82) is 5.26 Å². The zero-order chi connectivity index (χ0) is 12.4. The summed E-state index contributed by atoms with van der Waals surface area (Å²) < 4.78 is 0. The summed E-state index contributed by atoms with van der Waals surface area (Å²) in [6.45, 7) is 0. The van der Waals surface area contributed by atoms with E-state index in [9.17, 15) is 0 Å². The zero-order valence-electron chi connectivity index (χ0n) is 8.61. The van der Waals surface area contributed by atoms with Crippen LogP contribution in [0.4, 0.5) is 5.69 Å². The Morgan fingerprint density at radius 2 is 1.76 bits per heavy atom. The van der Waals surface area contributed by atoms with Crippen LogP contribution in [0.25, 0.3) is 11.3 Å². The molecule has 2 aromatic rings. The number of hydrogen-bond donors (Lipinski definition) is 1. The lowest BCUT2D eigenvalue weighted by molar-refractivity contribution is 1.30. The van der Waals surface area contributed by atoms with E-state index in [0.717, 1.165) is 5.56 Å². The Morgan fingerprint density at radius 3 is 2.29 bits per heavy atom. The van der Waals surface area contributed by atoms with E-state index in [-0.39, 0.29) is 0 Å². The number of rotatable bonds is 1. The molecule has 0 saturated heterocycles. The monoisotopic (exact) mass is 263 g/mol. The molecule has 0 atom stereocenters. The van der Waals surface area contributed by atoms with E-state index in [2.05, 4.69) is 4.98 Å². The highest BCUT2D eigenvalue weighted by molar-refractivity contribution is 6.35. The fourth-order valence-corrected chi connectivity index (χ4v) is 2.00. The van der Waals surface area contributed by atoms with Gasteiger partial charge in [-0.2, -0.15) is 5.26 Å². The molecule has 0 spiro atoms. The molecule has 2 N–H and O–H groups in total. The van der Waals surface area contributed by atoms with Crippen molar-refractivity contribution in [2.75, 3.05) is 5.73 Å². The van der Waals surface area contributed by atoms with Crippen LogP contribution in [0.1, 0.15) is 5.56 Å². The molecule has 0 saturated carbocycles. The van der Waals surface area contributed by atoms with Crippen molar-refractivity contribution >= 4 is 28.9 Å². The second-order valence-corrected chi connectivity index (χ2v) is 4.30. The zero-order valence-corrected chi connectivity index (χ0v) is 10.1. The maximum atomic E-state index is 8.72. The second kappa shape index (κ2) is 4.62. The van der Waals surface area contributed by atoms with Crippen LogP contribution in [0, 0.1) is 11.3 Å². The number of nitrogen functional groups attached to an aromatic ring is 1. The van der Waals surface area contributed by atoms with Crippen molar-refractivity contribution in [3.63, 3.8) is 0 Å². The third-order valence-corrected chi connectivity index (χ3v) is 2.62. The predicted octanol–water partition coefficient (Wildman–Crippen LogP) is 3.51. The fourth-order valence-electron chi connectivity index (χ4n) is 1.47. The average Bonchev–Trinajstić information content (AvgIpc) is 2.27. The molecule has 17 heavy (non-hydrogen) atoms. The van der Waals surface area contributed by atoms with Crippen molar-refractivity contribution in [1.82, 2.24) is 4.98 Å². The average molecular weight is 264 g/mol. The molecule has 0 fully saturated rings. The van der Waals surface area contributed by atoms with Crippen LogP contribution >= 0.6 is 23.2 Å². The molecule has 1 aromatic carbocycles. The van der Waals surface area contributed by atoms with Crippen LogP contribution in [-0.4, -0.2) is 4.98 Å². The molecule has 5 heteroatoms. The number of nitrogens with two attached hydrogens (primary N) is 1. The normalized spacial score (nSPS) is 9.94. The van der Waals surface area contributed by atoms with E-state index in [1.807, 2.05) is 6.07 Å². The number of aromatic nitrogens is 1. The van der Waals surface area contributed by atoms with Gasteiger partial charge in [0.25, 0.3) is 0 Å². The fraction of sp³-hybridized carbons (Fsp3) is 0. The largest absolute Gasteiger partial charge is 0.397 e. The van der Waals surface area contributed by atoms with Crippen molar-refractivity contribution in [3.05, 3.63) is 46.1 Å². The molecular formula is C12H7Cl2N3. The first-order valence-electron chi connectivity index (χ1n) is 4.72. The molecule has 0 unspecified atom stereocenters. The van der Waals surface area contributed by atoms with E-state index < -0.39 is 0 Å². The minimum Gasteiger partial charge on any atom is -0.397 e. The molecule has 0 bridgehead atoms. The SMILES string of the molecule is N#Cc1cnc(-c2cc(Cl)cc(Cl)c2)c(N)c1.